The Morgan fingerprint density at radius 2 is 2.16 bits per heavy atom. The van der Waals surface area contributed by atoms with Crippen LogP contribution in [-0.4, -0.2) is 43.2 Å². The predicted octanol–water partition coefficient (Wildman–Crippen LogP) is 1.68. The van der Waals surface area contributed by atoms with E-state index in [2.05, 4.69) is 5.32 Å². The fourth-order valence-electron chi connectivity index (χ4n) is 2.20. The molecule has 4 nitrogen and oxygen atoms in total. The molecule has 1 aliphatic heterocycles. The molecule has 0 aromatic heterocycles. The van der Waals surface area contributed by atoms with Crippen molar-refractivity contribution in [2.45, 2.75) is 19.1 Å². The first-order valence-electron chi connectivity index (χ1n) is 6.36. The van der Waals surface area contributed by atoms with Crippen LogP contribution in [0.3, 0.4) is 0 Å². The van der Waals surface area contributed by atoms with Gasteiger partial charge < -0.3 is 15.0 Å². The van der Waals surface area contributed by atoms with E-state index in [0.29, 0.717) is 24.7 Å². The maximum absolute atomic E-state index is 12.4. The number of morpholine rings is 1. The molecule has 1 aromatic carbocycles. The molecular formula is C14H19ClN2O2. The summed E-state index contributed by atoms with van der Waals surface area (Å²) in [5, 5.41) is 3.89. The van der Waals surface area contributed by atoms with Crippen molar-refractivity contribution in [3.05, 3.63) is 34.9 Å². The Balaban J connectivity index is 2.00. The van der Waals surface area contributed by atoms with Gasteiger partial charge in [0.05, 0.1) is 6.61 Å². The van der Waals surface area contributed by atoms with E-state index >= 15 is 0 Å². The van der Waals surface area contributed by atoms with Crippen LogP contribution in [0.25, 0.3) is 0 Å². The quantitative estimate of drug-likeness (QED) is 0.917. The van der Waals surface area contributed by atoms with Crippen molar-refractivity contribution >= 4 is 17.5 Å². The molecule has 19 heavy (non-hydrogen) atoms. The molecule has 0 aliphatic carbocycles. The summed E-state index contributed by atoms with van der Waals surface area (Å²) in [4.78, 5) is 14.1. The van der Waals surface area contributed by atoms with Gasteiger partial charge in [0.1, 0.15) is 0 Å². The van der Waals surface area contributed by atoms with Gasteiger partial charge in [0.25, 0.3) is 5.91 Å². The summed E-state index contributed by atoms with van der Waals surface area (Å²) in [7, 11) is 1.79. The minimum absolute atomic E-state index is 0.00495. The van der Waals surface area contributed by atoms with Crippen molar-refractivity contribution in [2.75, 3.05) is 26.7 Å². The number of halogens is 1. The third kappa shape index (κ3) is 3.47. The van der Waals surface area contributed by atoms with Gasteiger partial charge >= 0.3 is 0 Å². The van der Waals surface area contributed by atoms with Gasteiger partial charge in [-0.3, -0.25) is 4.79 Å². The fraction of sp³-hybridized carbons (Fsp3) is 0.500. The van der Waals surface area contributed by atoms with Crippen LogP contribution in [0.5, 0.6) is 0 Å². The lowest BCUT2D eigenvalue weighted by molar-refractivity contribution is -0.158. The Morgan fingerprint density at radius 1 is 1.47 bits per heavy atom. The minimum atomic E-state index is -0.764. The number of nitrogens with zero attached hydrogens (tertiary/aromatic N) is 1. The molecule has 2 rings (SSSR count). The van der Waals surface area contributed by atoms with Crippen LogP contribution in [-0.2, 0) is 16.1 Å². The second-order valence-electron chi connectivity index (χ2n) is 5.04. The number of benzene rings is 1. The number of carbonyl (C=O) groups is 1. The smallest absolute Gasteiger partial charge is 0.255 e. The molecule has 1 N–H and O–H groups in total. The minimum Gasteiger partial charge on any atom is -0.363 e. The average molecular weight is 283 g/mol. The van der Waals surface area contributed by atoms with Gasteiger partial charge in [0, 0.05) is 31.7 Å². The Kier molecular flexibility index (Phi) is 4.45. The third-order valence-electron chi connectivity index (χ3n) is 3.29. The molecule has 1 unspecified atom stereocenters. The average Bonchev–Trinajstić information content (AvgIpc) is 2.41. The standard InChI is InChI=1S/C14H19ClN2O2/c1-14(10-16-7-8-19-14)13(18)17(2)9-11-3-5-12(15)6-4-11/h3-6,16H,7-10H2,1-2H3. The van der Waals surface area contributed by atoms with Crippen molar-refractivity contribution in [1.29, 1.82) is 0 Å². The SMILES string of the molecule is CN(Cc1ccc(Cl)cc1)C(=O)C1(C)CNCCO1. The van der Waals surface area contributed by atoms with Crippen LogP contribution < -0.4 is 5.32 Å². The maximum Gasteiger partial charge on any atom is 0.255 e. The summed E-state index contributed by atoms with van der Waals surface area (Å²) < 4.78 is 5.63. The van der Waals surface area contributed by atoms with E-state index in [1.807, 2.05) is 31.2 Å². The highest BCUT2D eigenvalue weighted by atomic mass is 35.5. The van der Waals surface area contributed by atoms with E-state index < -0.39 is 5.60 Å². The normalized spacial score (nSPS) is 23.1. The fourth-order valence-corrected chi connectivity index (χ4v) is 2.33. The predicted molar refractivity (Wildman–Crippen MR) is 75.2 cm³/mol. The molecule has 1 saturated heterocycles. The van der Waals surface area contributed by atoms with Crippen LogP contribution in [0.15, 0.2) is 24.3 Å². The van der Waals surface area contributed by atoms with Crippen LogP contribution in [0.1, 0.15) is 12.5 Å². The van der Waals surface area contributed by atoms with Gasteiger partial charge in [-0.05, 0) is 24.6 Å². The van der Waals surface area contributed by atoms with Crippen molar-refractivity contribution < 1.29 is 9.53 Å². The zero-order chi connectivity index (χ0) is 13.9. The number of likely N-dealkylation sites (N-methyl/N-ethyl adjacent to an activating group) is 1. The molecule has 1 aromatic rings. The third-order valence-corrected chi connectivity index (χ3v) is 3.55. The summed E-state index contributed by atoms with van der Waals surface area (Å²) in [6, 6.07) is 7.51. The first kappa shape index (κ1) is 14.3. The highest BCUT2D eigenvalue weighted by Crippen LogP contribution is 2.18. The maximum atomic E-state index is 12.4. The van der Waals surface area contributed by atoms with E-state index in [-0.39, 0.29) is 5.91 Å². The second-order valence-corrected chi connectivity index (χ2v) is 5.48. The monoisotopic (exact) mass is 282 g/mol. The van der Waals surface area contributed by atoms with E-state index in [1.165, 1.54) is 0 Å². The molecule has 0 spiro atoms. The van der Waals surface area contributed by atoms with E-state index in [0.717, 1.165) is 12.1 Å². The Labute approximate surface area is 118 Å². The summed E-state index contributed by atoms with van der Waals surface area (Å²) in [6.07, 6.45) is 0. The van der Waals surface area contributed by atoms with Crippen LogP contribution >= 0.6 is 11.6 Å². The summed E-state index contributed by atoms with van der Waals surface area (Å²) >= 11 is 5.85. The topological polar surface area (TPSA) is 41.6 Å². The molecule has 1 fully saturated rings. The number of hydrogen-bond acceptors (Lipinski definition) is 3. The first-order chi connectivity index (χ1) is 9.01. The lowest BCUT2D eigenvalue weighted by Crippen LogP contribution is -2.57. The van der Waals surface area contributed by atoms with Crippen molar-refractivity contribution in [3.63, 3.8) is 0 Å². The molecular weight excluding hydrogens is 264 g/mol. The van der Waals surface area contributed by atoms with E-state index in [4.69, 9.17) is 16.3 Å². The Morgan fingerprint density at radius 3 is 2.74 bits per heavy atom. The van der Waals surface area contributed by atoms with Crippen molar-refractivity contribution in [3.8, 4) is 0 Å². The molecule has 0 radical (unpaired) electrons. The highest BCUT2D eigenvalue weighted by molar-refractivity contribution is 6.30. The second kappa shape index (κ2) is 5.90. The van der Waals surface area contributed by atoms with Gasteiger partial charge in [-0.1, -0.05) is 23.7 Å². The van der Waals surface area contributed by atoms with Crippen molar-refractivity contribution in [1.82, 2.24) is 10.2 Å². The highest BCUT2D eigenvalue weighted by Gasteiger charge is 2.38. The largest absolute Gasteiger partial charge is 0.363 e. The van der Waals surface area contributed by atoms with E-state index in [1.54, 1.807) is 11.9 Å². The summed E-state index contributed by atoms with van der Waals surface area (Å²) in [5.74, 6) is -0.00495. The number of rotatable bonds is 3. The molecule has 1 aliphatic rings. The lowest BCUT2D eigenvalue weighted by atomic mass is 10.0. The number of hydrogen-bond donors (Lipinski definition) is 1. The summed E-state index contributed by atoms with van der Waals surface area (Å²) in [6.45, 7) is 4.30. The van der Waals surface area contributed by atoms with Gasteiger partial charge in [0.2, 0.25) is 0 Å². The van der Waals surface area contributed by atoms with Crippen LogP contribution in [0, 0.1) is 0 Å². The molecule has 1 amide bonds. The zero-order valence-corrected chi connectivity index (χ0v) is 12.0. The molecule has 104 valence electrons. The van der Waals surface area contributed by atoms with Gasteiger partial charge in [-0.2, -0.15) is 0 Å². The van der Waals surface area contributed by atoms with Crippen LogP contribution in [0.2, 0.25) is 5.02 Å². The Hall–Kier alpha value is -1.10. The molecule has 5 heteroatoms. The van der Waals surface area contributed by atoms with Gasteiger partial charge in [-0.15, -0.1) is 0 Å². The molecule has 0 saturated carbocycles. The summed E-state index contributed by atoms with van der Waals surface area (Å²) in [5.41, 5.74) is 0.284. The Bertz CT molecular complexity index is 441. The van der Waals surface area contributed by atoms with Crippen molar-refractivity contribution in [2.24, 2.45) is 0 Å². The number of carbonyl (C=O) groups excluding carboxylic acids is 1. The van der Waals surface area contributed by atoms with Gasteiger partial charge in [-0.25, -0.2) is 0 Å². The molecule has 1 heterocycles. The molecule has 1 atom stereocenters. The van der Waals surface area contributed by atoms with E-state index in [9.17, 15) is 4.79 Å². The van der Waals surface area contributed by atoms with Crippen LogP contribution in [0.4, 0.5) is 0 Å². The number of amides is 1. The number of nitrogens with one attached hydrogen (secondary N) is 1. The number of ether oxygens (including phenoxy) is 1. The van der Waals surface area contributed by atoms with Gasteiger partial charge in [0.15, 0.2) is 5.60 Å². The first-order valence-corrected chi connectivity index (χ1v) is 6.74. The zero-order valence-electron chi connectivity index (χ0n) is 11.3. The lowest BCUT2D eigenvalue weighted by Gasteiger charge is -2.36. The molecule has 0 bridgehead atoms.